The van der Waals surface area contributed by atoms with Gasteiger partial charge in [0, 0.05) is 4.47 Å². The Morgan fingerprint density at radius 1 is 1.19 bits per heavy atom. The SMILES string of the molecule is NNC(Cc1ccc(Br)cc1)C1OCCc2ccccc21. The Balaban J connectivity index is 1.82. The highest BCUT2D eigenvalue weighted by Gasteiger charge is 2.28. The minimum atomic E-state index is 0.00333. The summed E-state index contributed by atoms with van der Waals surface area (Å²) < 4.78 is 7.09. The van der Waals surface area contributed by atoms with Crippen molar-refractivity contribution in [3.05, 3.63) is 69.7 Å². The van der Waals surface area contributed by atoms with Crippen LogP contribution in [0.5, 0.6) is 0 Å². The minimum absolute atomic E-state index is 0.00333. The van der Waals surface area contributed by atoms with Gasteiger partial charge in [0.1, 0.15) is 0 Å². The van der Waals surface area contributed by atoms with Crippen molar-refractivity contribution in [3.63, 3.8) is 0 Å². The second-order valence-corrected chi connectivity index (χ2v) is 6.26. The van der Waals surface area contributed by atoms with Crippen molar-refractivity contribution >= 4 is 15.9 Å². The van der Waals surface area contributed by atoms with E-state index in [9.17, 15) is 0 Å². The van der Waals surface area contributed by atoms with Crippen LogP contribution in [0.25, 0.3) is 0 Å². The summed E-state index contributed by atoms with van der Waals surface area (Å²) in [6, 6.07) is 16.9. The van der Waals surface area contributed by atoms with Gasteiger partial charge in [0.05, 0.1) is 18.8 Å². The molecule has 4 heteroatoms. The molecule has 2 aromatic carbocycles. The van der Waals surface area contributed by atoms with Crippen LogP contribution < -0.4 is 11.3 Å². The second-order valence-electron chi connectivity index (χ2n) is 5.34. The molecule has 110 valence electrons. The fourth-order valence-corrected chi connectivity index (χ4v) is 3.15. The van der Waals surface area contributed by atoms with Gasteiger partial charge < -0.3 is 4.74 Å². The summed E-state index contributed by atoms with van der Waals surface area (Å²) in [6.07, 6.45) is 1.81. The molecular formula is C17H19BrN2O. The van der Waals surface area contributed by atoms with E-state index in [-0.39, 0.29) is 12.1 Å². The van der Waals surface area contributed by atoms with Crippen molar-refractivity contribution in [3.8, 4) is 0 Å². The Kier molecular flexibility index (Phi) is 4.70. The molecular weight excluding hydrogens is 328 g/mol. The van der Waals surface area contributed by atoms with Crippen LogP contribution >= 0.6 is 15.9 Å². The van der Waals surface area contributed by atoms with Gasteiger partial charge in [-0.3, -0.25) is 11.3 Å². The van der Waals surface area contributed by atoms with Crippen LogP contribution in [0.4, 0.5) is 0 Å². The predicted molar refractivity (Wildman–Crippen MR) is 87.8 cm³/mol. The molecule has 0 aliphatic carbocycles. The molecule has 0 saturated heterocycles. The first-order valence-electron chi connectivity index (χ1n) is 7.18. The number of halogens is 1. The van der Waals surface area contributed by atoms with E-state index >= 15 is 0 Å². The fraction of sp³-hybridized carbons (Fsp3) is 0.294. The highest BCUT2D eigenvalue weighted by atomic mass is 79.9. The number of ether oxygens (including phenoxy) is 1. The minimum Gasteiger partial charge on any atom is -0.371 e. The molecule has 0 radical (unpaired) electrons. The maximum atomic E-state index is 6.00. The molecule has 2 atom stereocenters. The summed E-state index contributed by atoms with van der Waals surface area (Å²) in [4.78, 5) is 0. The summed E-state index contributed by atoms with van der Waals surface area (Å²) in [5, 5.41) is 0. The van der Waals surface area contributed by atoms with E-state index in [1.165, 1.54) is 16.7 Å². The molecule has 21 heavy (non-hydrogen) atoms. The Bertz CT molecular complexity index is 600. The zero-order valence-electron chi connectivity index (χ0n) is 11.8. The van der Waals surface area contributed by atoms with Crippen LogP contribution in [0.1, 0.15) is 22.8 Å². The van der Waals surface area contributed by atoms with Crippen LogP contribution in [0.2, 0.25) is 0 Å². The number of hydrogen-bond donors (Lipinski definition) is 2. The molecule has 0 aromatic heterocycles. The third-order valence-corrected chi connectivity index (χ3v) is 4.51. The molecule has 2 aromatic rings. The lowest BCUT2D eigenvalue weighted by atomic mass is 9.90. The van der Waals surface area contributed by atoms with Crippen molar-refractivity contribution in [2.45, 2.75) is 25.0 Å². The quantitative estimate of drug-likeness (QED) is 0.660. The Hall–Kier alpha value is -1.20. The number of hydrogen-bond acceptors (Lipinski definition) is 3. The molecule has 3 rings (SSSR count). The van der Waals surface area contributed by atoms with E-state index in [1.807, 2.05) is 0 Å². The van der Waals surface area contributed by atoms with Crippen molar-refractivity contribution in [2.24, 2.45) is 5.84 Å². The standard InChI is InChI=1S/C17H19BrN2O/c18-14-7-5-12(6-8-14)11-16(20-19)17-15-4-2-1-3-13(15)9-10-21-17/h1-8,16-17,20H,9-11,19H2. The summed E-state index contributed by atoms with van der Waals surface area (Å²) in [5.74, 6) is 5.80. The summed E-state index contributed by atoms with van der Waals surface area (Å²) in [6.45, 7) is 0.750. The fourth-order valence-electron chi connectivity index (χ4n) is 2.89. The van der Waals surface area contributed by atoms with E-state index in [1.54, 1.807) is 0 Å². The van der Waals surface area contributed by atoms with Crippen molar-refractivity contribution < 1.29 is 4.74 Å². The Morgan fingerprint density at radius 2 is 1.95 bits per heavy atom. The molecule has 0 amide bonds. The Labute approximate surface area is 133 Å². The van der Waals surface area contributed by atoms with Gasteiger partial charge in [-0.1, -0.05) is 52.3 Å². The molecule has 0 bridgehead atoms. The van der Waals surface area contributed by atoms with E-state index in [0.29, 0.717) is 0 Å². The number of rotatable bonds is 4. The summed E-state index contributed by atoms with van der Waals surface area (Å²) in [5.41, 5.74) is 6.80. The molecule has 1 heterocycles. The van der Waals surface area contributed by atoms with E-state index < -0.39 is 0 Å². The van der Waals surface area contributed by atoms with Crippen LogP contribution in [-0.2, 0) is 17.6 Å². The average Bonchev–Trinajstić information content (AvgIpc) is 2.54. The van der Waals surface area contributed by atoms with Gasteiger partial charge in [-0.15, -0.1) is 0 Å². The maximum Gasteiger partial charge on any atom is 0.0997 e. The lowest BCUT2D eigenvalue weighted by Crippen LogP contribution is -2.43. The van der Waals surface area contributed by atoms with Gasteiger partial charge in [0.15, 0.2) is 0 Å². The summed E-state index contributed by atoms with van der Waals surface area (Å²) >= 11 is 3.46. The molecule has 3 nitrogen and oxygen atoms in total. The molecule has 0 fully saturated rings. The summed E-state index contributed by atoms with van der Waals surface area (Å²) in [7, 11) is 0. The third kappa shape index (κ3) is 3.35. The first kappa shape index (κ1) is 14.7. The first-order valence-corrected chi connectivity index (χ1v) is 7.97. The van der Waals surface area contributed by atoms with Crippen molar-refractivity contribution in [2.75, 3.05) is 6.61 Å². The van der Waals surface area contributed by atoms with E-state index in [2.05, 4.69) is 69.9 Å². The van der Waals surface area contributed by atoms with Gasteiger partial charge >= 0.3 is 0 Å². The van der Waals surface area contributed by atoms with E-state index in [0.717, 1.165) is 23.9 Å². The highest BCUT2D eigenvalue weighted by Crippen LogP contribution is 2.30. The second kappa shape index (κ2) is 6.71. The number of hydrazine groups is 1. The van der Waals surface area contributed by atoms with Gasteiger partial charge in [0.2, 0.25) is 0 Å². The third-order valence-electron chi connectivity index (χ3n) is 3.98. The lowest BCUT2D eigenvalue weighted by Gasteiger charge is -2.32. The molecule has 3 N–H and O–H groups in total. The average molecular weight is 347 g/mol. The number of fused-ring (bicyclic) bond motifs is 1. The topological polar surface area (TPSA) is 47.3 Å². The zero-order chi connectivity index (χ0) is 14.7. The van der Waals surface area contributed by atoms with Gasteiger partial charge in [-0.2, -0.15) is 0 Å². The number of nitrogens with one attached hydrogen (secondary N) is 1. The van der Waals surface area contributed by atoms with Crippen molar-refractivity contribution in [1.29, 1.82) is 0 Å². The van der Waals surface area contributed by atoms with Crippen LogP contribution in [-0.4, -0.2) is 12.6 Å². The van der Waals surface area contributed by atoms with E-state index in [4.69, 9.17) is 10.6 Å². The normalized spacial score (nSPS) is 19.0. The predicted octanol–water partition coefficient (Wildman–Crippen LogP) is 3.14. The number of nitrogens with two attached hydrogens (primary N) is 1. The maximum absolute atomic E-state index is 6.00. The molecule has 0 saturated carbocycles. The highest BCUT2D eigenvalue weighted by molar-refractivity contribution is 9.10. The Morgan fingerprint density at radius 3 is 2.71 bits per heavy atom. The van der Waals surface area contributed by atoms with Crippen LogP contribution in [0, 0.1) is 0 Å². The van der Waals surface area contributed by atoms with Gasteiger partial charge in [-0.05, 0) is 41.7 Å². The molecule has 1 aliphatic rings. The molecule has 1 aliphatic heterocycles. The molecule has 0 spiro atoms. The first-order chi connectivity index (χ1) is 10.3. The smallest absolute Gasteiger partial charge is 0.0997 e. The monoisotopic (exact) mass is 346 g/mol. The van der Waals surface area contributed by atoms with Gasteiger partial charge in [-0.25, -0.2) is 0 Å². The van der Waals surface area contributed by atoms with Crippen molar-refractivity contribution in [1.82, 2.24) is 5.43 Å². The van der Waals surface area contributed by atoms with Gasteiger partial charge in [0.25, 0.3) is 0 Å². The molecule has 2 unspecified atom stereocenters. The lowest BCUT2D eigenvalue weighted by molar-refractivity contribution is 0.0154. The van der Waals surface area contributed by atoms with Crippen LogP contribution in [0.3, 0.4) is 0 Å². The van der Waals surface area contributed by atoms with Crippen LogP contribution in [0.15, 0.2) is 53.0 Å². The number of benzene rings is 2. The largest absolute Gasteiger partial charge is 0.371 e. The zero-order valence-corrected chi connectivity index (χ0v) is 13.3.